The lowest BCUT2D eigenvalue weighted by Gasteiger charge is -2.33. The van der Waals surface area contributed by atoms with Gasteiger partial charge in [-0.1, -0.05) is 12.1 Å². The quantitative estimate of drug-likeness (QED) is 0.636. The Kier molecular flexibility index (Phi) is 3.80. The summed E-state index contributed by atoms with van der Waals surface area (Å²) >= 11 is 0. The van der Waals surface area contributed by atoms with E-state index in [0.29, 0.717) is 19.4 Å². The minimum absolute atomic E-state index is 0.0231. The highest BCUT2D eigenvalue weighted by atomic mass is 16.6. The van der Waals surface area contributed by atoms with Gasteiger partial charge in [-0.25, -0.2) is 0 Å². The lowest BCUT2D eigenvalue weighted by Crippen LogP contribution is -2.47. The van der Waals surface area contributed by atoms with Crippen LogP contribution in [0.3, 0.4) is 0 Å². The molecule has 6 heteroatoms. The van der Waals surface area contributed by atoms with Crippen LogP contribution in [0.5, 0.6) is 0 Å². The number of hydrogen-bond acceptors (Lipinski definition) is 4. The first-order valence-corrected chi connectivity index (χ1v) is 6.21. The Morgan fingerprint density at radius 1 is 1.42 bits per heavy atom. The zero-order valence-electron chi connectivity index (χ0n) is 10.5. The van der Waals surface area contributed by atoms with E-state index >= 15 is 0 Å². The van der Waals surface area contributed by atoms with Gasteiger partial charge in [-0.15, -0.1) is 0 Å². The SMILES string of the molecule is O=C(O)C1(Cc2ccc([N+](=O)[O-])cc2)CCCNC1. The first kappa shape index (κ1) is 13.5. The molecular weight excluding hydrogens is 248 g/mol. The zero-order chi connectivity index (χ0) is 13.9. The number of rotatable bonds is 4. The Labute approximate surface area is 110 Å². The first-order chi connectivity index (χ1) is 9.03. The fourth-order valence-corrected chi connectivity index (χ4v) is 2.50. The Morgan fingerprint density at radius 2 is 2.11 bits per heavy atom. The second-order valence-electron chi connectivity index (χ2n) is 4.97. The van der Waals surface area contributed by atoms with Crippen molar-refractivity contribution in [1.82, 2.24) is 5.32 Å². The van der Waals surface area contributed by atoms with Gasteiger partial charge in [0.25, 0.3) is 5.69 Å². The summed E-state index contributed by atoms with van der Waals surface area (Å²) in [5, 5.41) is 23.1. The van der Waals surface area contributed by atoms with Gasteiger partial charge in [0.2, 0.25) is 0 Å². The summed E-state index contributed by atoms with van der Waals surface area (Å²) in [5.74, 6) is -0.807. The third-order valence-corrected chi connectivity index (χ3v) is 3.62. The van der Waals surface area contributed by atoms with Crippen molar-refractivity contribution in [3.63, 3.8) is 0 Å². The van der Waals surface area contributed by atoms with Crippen LogP contribution in [-0.4, -0.2) is 29.1 Å². The van der Waals surface area contributed by atoms with E-state index in [0.717, 1.165) is 18.5 Å². The van der Waals surface area contributed by atoms with Gasteiger partial charge in [0.1, 0.15) is 0 Å². The third-order valence-electron chi connectivity index (χ3n) is 3.62. The van der Waals surface area contributed by atoms with Gasteiger partial charge in [-0.2, -0.15) is 0 Å². The Balaban J connectivity index is 2.17. The Bertz CT molecular complexity index is 478. The minimum atomic E-state index is -0.807. The summed E-state index contributed by atoms with van der Waals surface area (Å²) in [6.45, 7) is 1.29. The molecule has 1 aromatic carbocycles. The van der Waals surface area contributed by atoms with E-state index in [-0.39, 0.29) is 5.69 Å². The predicted molar refractivity (Wildman–Crippen MR) is 69.0 cm³/mol. The molecule has 2 N–H and O–H groups in total. The number of benzene rings is 1. The van der Waals surface area contributed by atoms with Crippen LogP contribution in [0.2, 0.25) is 0 Å². The second-order valence-corrected chi connectivity index (χ2v) is 4.97. The number of aliphatic carboxylic acids is 1. The monoisotopic (exact) mass is 264 g/mol. The topological polar surface area (TPSA) is 92.5 Å². The maximum atomic E-state index is 11.5. The molecule has 6 nitrogen and oxygen atoms in total. The van der Waals surface area contributed by atoms with E-state index in [4.69, 9.17) is 0 Å². The highest BCUT2D eigenvalue weighted by molar-refractivity contribution is 5.75. The lowest BCUT2D eigenvalue weighted by atomic mass is 9.76. The first-order valence-electron chi connectivity index (χ1n) is 6.21. The van der Waals surface area contributed by atoms with Gasteiger partial charge in [0.05, 0.1) is 10.3 Å². The molecule has 1 atom stereocenters. The van der Waals surface area contributed by atoms with Crippen LogP contribution in [0.15, 0.2) is 24.3 Å². The zero-order valence-corrected chi connectivity index (χ0v) is 10.5. The highest BCUT2D eigenvalue weighted by Gasteiger charge is 2.39. The number of nitrogens with zero attached hydrogens (tertiary/aromatic N) is 1. The van der Waals surface area contributed by atoms with Gasteiger partial charge in [0.15, 0.2) is 0 Å². The summed E-state index contributed by atoms with van der Waals surface area (Å²) in [6.07, 6.45) is 1.86. The largest absolute Gasteiger partial charge is 0.481 e. The van der Waals surface area contributed by atoms with Crippen LogP contribution in [0.25, 0.3) is 0 Å². The van der Waals surface area contributed by atoms with E-state index in [1.165, 1.54) is 12.1 Å². The van der Waals surface area contributed by atoms with Crippen LogP contribution in [-0.2, 0) is 11.2 Å². The van der Waals surface area contributed by atoms with Crippen LogP contribution in [0.1, 0.15) is 18.4 Å². The molecule has 1 unspecified atom stereocenters. The molecule has 0 spiro atoms. The normalized spacial score (nSPS) is 22.9. The molecule has 102 valence electrons. The number of nitrogens with one attached hydrogen (secondary N) is 1. The van der Waals surface area contributed by atoms with Crippen molar-refractivity contribution in [3.05, 3.63) is 39.9 Å². The van der Waals surface area contributed by atoms with Crippen molar-refractivity contribution in [1.29, 1.82) is 0 Å². The molecule has 2 rings (SSSR count). The van der Waals surface area contributed by atoms with E-state index in [1.54, 1.807) is 12.1 Å². The molecule has 0 aromatic heterocycles. The summed E-state index contributed by atoms with van der Waals surface area (Å²) < 4.78 is 0. The van der Waals surface area contributed by atoms with Gasteiger partial charge >= 0.3 is 5.97 Å². The van der Waals surface area contributed by atoms with Crippen molar-refractivity contribution >= 4 is 11.7 Å². The summed E-state index contributed by atoms with van der Waals surface area (Å²) in [7, 11) is 0. The molecule has 19 heavy (non-hydrogen) atoms. The Hall–Kier alpha value is -1.95. The van der Waals surface area contributed by atoms with Crippen molar-refractivity contribution < 1.29 is 14.8 Å². The molecule has 1 saturated heterocycles. The molecule has 0 amide bonds. The molecule has 1 aliphatic rings. The molecule has 0 radical (unpaired) electrons. The molecule has 1 aromatic rings. The van der Waals surface area contributed by atoms with Crippen molar-refractivity contribution in [2.45, 2.75) is 19.3 Å². The highest BCUT2D eigenvalue weighted by Crippen LogP contribution is 2.31. The Morgan fingerprint density at radius 3 is 2.58 bits per heavy atom. The lowest BCUT2D eigenvalue weighted by molar-refractivity contribution is -0.384. The maximum absolute atomic E-state index is 11.5. The fraction of sp³-hybridized carbons (Fsp3) is 0.462. The van der Waals surface area contributed by atoms with Crippen molar-refractivity contribution in [3.8, 4) is 0 Å². The standard InChI is InChI=1S/C13H16N2O4/c16-12(17)13(6-1-7-14-9-13)8-10-2-4-11(5-3-10)15(18)19/h2-5,14H,1,6-9H2,(H,16,17). The second kappa shape index (κ2) is 5.36. The smallest absolute Gasteiger partial charge is 0.311 e. The van der Waals surface area contributed by atoms with Gasteiger partial charge in [-0.05, 0) is 31.4 Å². The molecule has 0 saturated carbocycles. The average Bonchev–Trinajstić information content (AvgIpc) is 2.40. The molecule has 0 aliphatic carbocycles. The van der Waals surface area contributed by atoms with E-state index in [2.05, 4.69) is 5.32 Å². The van der Waals surface area contributed by atoms with Crippen LogP contribution in [0, 0.1) is 15.5 Å². The number of hydrogen-bond donors (Lipinski definition) is 2. The number of piperidine rings is 1. The average molecular weight is 264 g/mol. The van der Waals surface area contributed by atoms with Crippen molar-refractivity contribution in [2.24, 2.45) is 5.41 Å². The molecular formula is C13H16N2O4. The van der Waals surface area contributed by atoms with Gasteiger partial charge in [0, 0.05) is 18.7 Å². The minimum Gasteiger partial charge on any atom is -0.481 e. The van der Waals surface area contributed by atoms with Crippen LogP contribution >= 0.6 is 0 Å². The molecule has 1 aliphatic heterocycles. The van der Waals surface area contributed by atoms with E-state index in [1.807, 2.05) is 0 Å². The van der Waals surface area contributed by atoms with Gasteiger partial charge < -0.3 is 10.4 Å². The van der Waals surface area contributed by atoms with Crippen LogP contribution < -0.4 is 5.32 Å². The number of non-ortho nitro benzene ring substituents is 1. The number of nitro groups is 1. The van der Waals surface area contributed by atoms with Crippen LogP contribution in [0.4, 0.5) is 5.69 Å². The molecule has 1 fully saturated rings. The van der Waals surface area contributed by atoms with Crippen molar-refractivity contribution in [2.75, 3.05) is 13.1 Å². The van der Waals surface area contributed by atoms with E-state index < -0.39 is 16.3 Å². The third kappa shape index (κ3) is 2.90. The number of carbonyl (C=O) groups is 1. The molecule has 1 heterocycles. The number of carboxylic acid groups (broad SMARTS) is 1. The van der Waals surface area contributed by atoms with Gasteiger partial charge in [-0.3, -0.25) is 14.9 Å². The summed E-state index contributed by atoms with van der Waals surface area (Å²) in [6, 6.07) is 6.11. The fourth-order valence-electron chi connectivity index (χ4n) is 2.50. The number of carboxylic acids is 1. The van der Waals surface area contributed by atoms with E-state index in [9.17, 15) is 20.0 Å². The summed E-state index contributed by atoms with van der Waals surface area (Å²) in [5.41, 5.74) is 0.0422. The maximum Gasteiger partial charge on any atom is 0.311 e. The number of nitro benzene ring substituents is 1. The summed E-state index contributed by atoms with van der Waals surface area (Å²) in [4.78, 5) is 21.6. The molecule has 0 bridgehead atoms. The predicted octanol–water partition coefficient (Wildman–Crippen LogP) is 1.59.